The fourth-order valence-electron chi connectivity index (χ4n) is 3.82. The Morgan fingerprint density at radius 2 is 1.65 bits per heavy atom. The smallest absolute Gasteiger partial charge is 0.308 e. The van der Waals surface area contributed by atoms with Crippen LogP contribution in [0.25, 0.3) is 5.76 Å². The summed E-state index contributed by atoms with van der Waals surface area (Å²) < 4.78 is 10.4. The highest BCUT2D eigenvalue weighted by molar-refractivity contribution is 6.51. The van der Waals surface area contributed by atoms with Gasteiger partial charge in [0, 0.05) is 29.3 Å². The Labute approximate surface area is 200 Å². The minimum atomic E-state index is -0.936. The zero-order chi connectivity index (χ0) is 24.4. The molecule has 172 valence electrons. The van der Waals surface area contributed by atoms with E-state index >= 15 is 0 Å². The van der Waals surface area contributed by atoms with E-state index < -0.39 is 23.7 Å². The summed E-state index contributed by atoms with van der Waals surface area (Å²) in [5.74, 6) is -1.61. The van der Waals surface area contributed by atoms with Crippen LogP contribution < -0.4 is 14.4 Å². The van der Waals surface area contributed by atoms with Crippen molar-refractivity contribution in [1.29, 1.82) is 0 Å². The molecule has 1 aliphatic heterocycles. The minimum Gasteiger partial charge on any atom is -0.507 e. The number of aliphatic hydroxyl groups excluding tert-OH is 1. The Bertz CT molecular complexity index is 1300. The number of ketones is 1. The number of aliphatic hydroxyl groups is 1. The number of halogens is 1. The monoisotopic (exact) mass is 477 g/mol. The van der Waals surface area contributed by atoms with Gasteiger partial charge in [-0.25, -0.2) is 0 Å². The maximum absolute atomic E-state index is 13.2. The lowest BCUT2D eigenvalue weighted by molar-refractivity contribution is -0.132. The second-order valence-electron chi connectivity index (χ2n) is 7.54. The van der Waals surface area contributed by atoms with Gasteiger partial charge in [0.1, 0.15) is 17.3 Å². The highest BCUT2D eigenvalue weighted by atomic mass is 35.5. The van der Waals surface area contributed by atoms with Gasteiger partial charge in [0.25, 0.3) is 11.7 Å². The number of Topliss-reactive ketones (excluding diaryl/α,β-unsaturated/α-hetero) is 1. The fraction of sp³-hybridized carbons (Fsp3) is 0.115. The summed E-state index contributed by atoms with van der Waals surface area (Å²) in [6, 6.07) is 18.5. The maximum Gasteiger partial charge on any atom is 0.308 e. The van der Waals surface area contributed by atoms with Gasteiger partial charge >= 0.3 is 5.97 Å². The van der Waals surface area contributed by atoms with Gasteiger partial charge in [0.05, 0.1) is 18.7 Å². The number of hydrogen-bond donors (Lipinski definition) is 1. The number of esters is 1. The number of amides is 1. The Hall–Kier alpha value is -4.10. The summed E-state index contributed by atoms with van der Waals surface area (Å²) in [7, 11) is 1.50. The van der Waals surface area contributed by atoms with E-state index in [-0.39, 0.29) is 11.3 Å². The van der Waals surface area contributed by atoms with Crippen molar-refractivity contribution < 1.29 is 29.0 Å². The van der Waals surface area contributed by atoms with E-state index in [1.807, 2.05) is 0 Å². The molecule has 0 radical (unpaired) electrons. The van der Waals surface area contributed by atoms with Gasteiger partial charge in [-0.05, 0) is 54.1 Å². The Kier molecular flexibility index (Phi) is 6.38. The van der Waals surface area contributed by atoms with E-state index in [1.165, 1.54) is 18.9 Å². The van der Waals surface area contributed by atoms with Crippen LogP contribution in [0, 0.1) is 0 Å². The van der Waals surface area contributed by atoms with Crippen LogP contribution in [0.5, 0.6) is 11.5 Å². The Balaban J connectivity index is 1.90. The van der Waals surface area contributed by atoms with Crippen molar-refractivity contribution in [3.05, 3.63) is 94.5 Å². The molecule has 1 saturated heterocycles. The number of benzene rings is 3. The molecule has 8 heteroatoms. The molecule has 1 amide bonds. The summed E-state index contributed by atoms with van der Waals surface area (Å²) in [5.41, 5.74) is 1.23. The van der Waals surface area contributed by atoms with Crippen LogP contribution in [0.3, 0.4) is 0 Å². The van der Waals surface area contributed by atoms with Crippen LogP contribution in [-0.4, -0.2) is 29.9 Å². The minimum absolute atomic E-state index is 0.0737. The predicted octanol–water partition coefficient (Wildman–Crippen LogP) is 4.90. The number of nitrogens with zero attached hydrogens (tertiary/aromatic N) is 1. The molecule has 1 atom stereocenters. The van der Waals surface area contributed by atoms with Gasteiger partial charge in [-0.1, -0.05) is 29.8 Å². The van der Waals surface area contributed by atoms with Crippen LogP contribution >= 0.6 is 11.6 Å². The van der Waals surface area contributed by atoms with Crippen molar-refractivity contribution >= 4 is 40.7 Å². The third kappa shape index (κ3) is 4.38. The largest absolute Gasteiger partial charge is 0.507 e. The number of carbonyl (C=O) groups is 3. The molecule has 0 aliphatic carbocycles. The number of anilines is 1. The average molecular weight is 478 g/mol. The zero-order valence-electron chi connectivity index (χ0n) is 18.3. The first kappa shape index (κ1) is 23.1. The molecule has 7 nitrogen and oxygen atoms in total. The van der Waals surface area contributed by atoms with Gasteiger partial charge in [-0.2, -0.15) is 0 Å². The van der Waals surface area contributed by atoms with Crippen molar-refractivity contribution in [2.24, 2.45) is 0 Å². The number of carbonyl (C=O) groups excluding carboxylic acids is 3. The summed E-state index contributed by atoms with van der Waals surface area (Å²) in [6.45, 7) is 1.29. The highest BCUT2D eigenvalue weighted by Crippen LogP contribution is 2.43. The lowest BCUT2D eigenvalue weighted by Gasteiger charge is -2.26. The van der Waals surface area contributed by atoms with Crippen LogP contribution in [0.4, 0.5) is 5.69 Å². The quantitative estimate of drug-likeness (QED) is 0.185. The van der Waals surface area contributed by atoms with Gasteiger partial charge < -0.3 is 14.6 Å². The summed E-state index contributed by atoms with van der Waals surface area (Å²) in [5, 5.41) is 11.6. The summed E-state index contributed by atoms with van der Waals surface area (Å²) in [6.07, 6.45) is 0. The van der Waals surface area contributed by atoms with E-state index in [9.17, 15) is 19.5 Å². The van der Waals surface area contributed by atoms with E-state index in [0.717, 1.165) is 0 Å². The molecule has 0 spiro atoms. The third-order valence-electron chi connectivity index (χ3n) is 5.35. The first-order valence-corrected chi connectivity index (χ1v) is 10.7. The lowest BCUT2D eigenvalue weighted by Crippen LogP contribution is -2.29. The topological polar surface area (TPSA) is 93.1 Å². The number of ether oxygens (including phenoxy) is 2. The number of hydrogen-bond acceptors (Lipinski definition) is 6. The van der Waals surface area contributed by atoms with Crippen molar-refractivity contribution in [2.45, 2.75) is 13.0 Å². The van der Waals surface area contributed by atoms with Gasteiger partial charge in [0.15, 0.2) is 0 Å². The number of rotatable bonds is 5. The molecule has 1 N–H and O–H groups in total. The van der Waals surface area contributed by atoms with E-state index in [1.54, 1.807) is 72.8 Å². The highest BCUT2D eigenvalue weighted by Gasteiger charge is 2.47. The molecule has 0 bridgehead atoms. The molecule has 4 rings (SSSR count). The molecular weight excluding hydrogens is 458 g/mol. The van der Waals surface area contributed by atoms with Gasteiger partial charge in [-0.3, -0.25) is 19.3 Å². The zero-order valence-corrected chi connectivity index (χ0v) is 19.1. The third-order valence-corrected chi connectivity index (χ3v) is 5.60. The second kappa shape index (κ2) is 9.41. The second-order valence-corrected chi connectivity index (χ2v) is 7.98. The predicted molar refractivity (Wildman–Crippen MR) is 127 cm³/mol. The van der Waals surface area contributed by atoms with Crippen molar-refractivity contribution in [1.82, 2.24) is 0 Å². The van der Waals surface area contributed by atoms with E-state index in [2.05, 4.69) is 0 Å². The molecule has 0 aromatic heterocycles. The van der Waals surface area contributed by atoms with Crippen LogP contribution in [-0.2, 0) is 14.4 Å². The standard InChI is InChI=1S/C26H20ClNO6/c1-15(29)34-20-12-8-16(9-13-20)23-22(24(30)17-6-10-18(27)11-7-17)25(31)26(32)28(23)19-4-3-5-21(14-19)33-2/h3-14,23,30H,1-2H3/b24-22+. The SMILES string of the molecule is COc1cccc(N2C(=O)C(=O)/C(=C(/O)c3ccc(Cl)cc3)C2c2ccc(OC(C)=O)cc2)c1. The van der Waals surface area contributed by atoms with Crippen LogP contribution in [0.1, 0.15) is 24.1 Å². The molecule has 1 heterocycles. The molecular formula is C26H20ClNO6. The Morgan fingerprint density at radius 1 is 0.971 bits per heavy atom. The normalized spacial score (nSPS) is 17.0. The average Bonchev–Trinajstić information content (AvgIpc) is 3.09. The molecule has 0 saturated carbocycles. The van der Waals surface area contributed by atoms with Crippen molar-refractivity contribution in [3.8, 4) is 11.5 Å². The van der Waals surface area contributed by atoms with Gasteiger partial charge in [0.2, 0.25) is 0 Å². The lowest BCUT2D eigenvalue weighted by atomic mass is 9.95. The summed E-state index contributed by atoms with van der Waals surface area (Å²) >= 11 is 5.96. The van der Waals surface area contributed by atoms with E-state index in [0.29, 0.717) is 33.3 Å². The molecule has 1 aliphatic rings. The first-order chi connectivity index (χ1) is 16.3. The van der Waals surface area contributed by atoms with Crippen molar-refractivity contribution in [3.63, 3.8) is 0 Å². The molecule has 1 unspecified atom stereocenters. The molecule has 3 aromatic carbocycles. The van der Waals surface area contributed by atoms with Crippen LogP contribution in [0.15, 0.2) is 78.4 Å². The fourth-order valence-corrected chi connectivity index (χ4v) is 3.95. The maximum atomic E-state index is 13.2. The first-order valence-electron chi connectivity index (χ1n) is 10.3. The van der Waals surface area contributed by atoms with E-state index in [4.69, 9.17) is 21.1 Å². The molecule has 3 aromatic rings. The molecule has 34 heavy (non-hydrogen) atoms. The van der Waals surface area contributed by atoms with Crippen LogP contribution in [0.2, 0.25) is 5.02 Å². The van der Waals surface area contributed by atoms with Gasteiger partial charge in [-0.15, -0.1) is 0 Å². The van der Waals surface area contributed by atoms with Crippen molar-refractivity contribution in [2.75, 3.05) is 12.0 Å². The number of methoxy groups -OCH3 is 1. The summed E-state index contributed by atoms with van der Waals surface area (Å²) in [4.78, 5) is 39.0. The molecule has 1 fully saturated rings. The Morgan fingerprint density at radius 3 is 2.26 bits per heavy atom.